The van der Waals surface area contributed by atoms with Crippen LogP contribution in [0.3, 0.4) is 0 Å². The fourth-order valence-electron chi connectivity index (χ4n) is 2.88. The lowest BCUT2D eigenvalue weighted by Gasteiger charge is -2.31. The molecule has 8 nitrogen and oxygen atoms in total. The highest BCUT2D eigenvalue weighted by atomic mass is 16.5. The van der Waals surface area contributed by atoms with Crippen LogP contribution >= 0.6 is 0 Å². The van der Waals surface area contributed by atoms with E-state index in [-0.39, 0.29) is 17.9 Å². The number of aromatic nitrogens is 3. The van der Waals surface area contributed by atoms with Crippen molar-refractivity contribution in [3.63, 3.8) is 0 Å². The van der Waals surface area contributed by atoms with Crippen molar-refractivity contribution in [1.29, 1.82) is 0 Å². The maximum atomic E-state index is 12.6. The number of pyridine rings is 1. The molecule has 1 aliphatic rings. The third kappa shape index (κ3) is 3.96. The molecule has 8 heteroatoms. The molecule has 2 amide bonds. The summed E-state index contributed by atoms with van der Waals surface area (Å²) in [4.78, 5) is 30.5. The Morgan fingerprint density at radius 2 is 2.24 bits per heavy atom. The van der Waals surface area contributed by atoms with Crippen LogP contribution in [0.4, 0.5) is 10.5 Å². The van der Waals surface area contributed by atoms with E-state index in [4.69, 9.17) is 4.74 Å². The molecule has 2 aromatic heterocycles. The molecule has 0 radical (unpaired) electrons. The summed E-state index contributed by atoms with van der Waals surface area (Å²) in [6.07, 6.45) is 6.57. The lowest BCUT2D eigenvalue weighted by atomic mass is 9.98. The first-order chi connectivity index (χ1) is 12.2. The number of likely N-dealkylation sites (tertiary alicyclic amines) is 1. The van der Waals surface area contributed by atoms with Crippen molar-refractivity contribution in [2.75, 3.05) is 25.0 Å². The molecule has 0 aliphatic carbocycles. The van der Waals surface area contributed by atoms with Crippen molar-refractivity contribution in [3.8, 4) is 5.82 Å². The number of nitrogens with one attached hydrogen (secondary N) is 1. The maximum absolute atomic E-state index is 12.6. The fourth-order valence-corrected chi connectivity index (χ4v) is 2.88. The number of esters is 1. The van der Waals surface area contributed by atoms with E-state index in [2.05, 4.69) is 15.4 Å². The molecule has 1 aliphatic heterocycles. The van der Waals surface area contributed by atoms with Gasteiger partial charge in [-0.15, -0.1) is 0 Å². The summed E-state index contributed by atoms with van der Waals surface area (Å²) in [5.74, 6) is 0.0392. The lowest BCUT2D eigenvalue weighted by Crippen LogP contribution is -2.44. The Hall–Kier alpha value is -2.90. The molecule has 1 atom stereocenters. The van der Waals surface area contributed by atoms with Crippen LogP contribution in [0.25, 0.3) is 5.82 Å². The summed E-state index contributed by atoms with van der Waals surface area (Å²) >= 11 is 0. The number of nitrogens with zero attached hydrogens (tertiary/aromatic N) is 4. The molecule has 0 saturated carbocycles. The second kappa shape index (κ2) is 7.78. The van der Waals surface area contributed by atoms with Gasteiger partial charge in [-0.05, 0) is 38.0 Å². The van der Waals surface area contributed by atoms with Crippen LogP contribution in [0.1, 0.15) is 19.8 Å². The van der Waals surface area contributed by atoms with Crippen molar-refractivity contribution >= 4 is 17.7 Å². The second-order valence-electron chi connectivity index (χ2n) is 5.79. The predicted molar refractivity (Wildman–Crippen MR) is 91.3 cm³/mol. The second-order valence-corrected chi connectivity index (χ2v) is 5.79. The van der Waals surface area contributed by atoms with Crippen LogP contribution in [0, 0.1) is 5.92 Å². The first-order valence-corrected chi connectivity index (χ1v) is 8.36. The smallest absolute Gasteiger partial charge is 0.321 e. The number of carbonyl (C=O) groups excluding carboxylic acids is 2. The Morgan fingerprint density at radius 1 is 1.36 bits per heavy atom. The molecule has 0 aromatic carbocycles. The number of amides is 2. The van der Waals surface area contributed by atoms with Crippen LogP contribution in [-0.2, 0) is 9.53 Å². The summed E-state index contributed by atoms with van der Waals surface area (Å²) in [6, 6.07) is 5.06. The van der Waals surface area contributed by atoms with Crippen LogP contribution in [0.15, 0.2) is 36.8 Å². The molecular weight excluding hydrogens is 322 g/mol. The van der Waals surface area contributed by atoms with Crippen LogP contribution < -0.4 is 5.32 Å². The standard InChI is InChI=1S/C17H21N5O3/c1-2-25-16(23)13-6-4-10-21(12-13)17(24)20-14-7-3-8-18-15(14)22-11-5-9-19-22/h3,5,7-9,11,13H,2,4,6,10,12H2,1H3,(H,20,24)/t13-/m1/s1. The van der Waals surface area contributed by atoms with Gasteiger partial charge in [-0.3, -0.25) is 4.79 Å². The van der Waals surface area contributed by atoms with Gasteiger partial charge in [-0.2, -0.15) is 5.10 Å². The van der Waals surface area contributed by atoms with Crippen LogP contribution in [0.5, 0.6) is 0 Å². The zero-order chi connectivity index (χ0) is 17.6. The first kappa shape index (κ1) is 16.9. The van der Waals surface area contributed by atoms with E-state index in [9.17, 15) is 9.59 Å². The molecule has 1 N–H and O–H groups in total. The van der Waals surface area contributed by atoms with Gasteiger partial charge in [0.25, 0.3) is 0 Å². The molecule has 25 heavy (non-hydrogen) atoms. The Morgan fingerprint density at radius 3 is 3.00 bits per heavy atom. The number of rotatable bonds is 4. The van der Waals surface area contributed by atoms with Crippen LogP contribution in [0.2, 0.25) is 0 Å². The summed E-state index contributed by atoms with van der Waals surface area (Å²) in [5.41, 5.74) is 0.564. The van der Waals surface area contributed by atoms with E-state index < -0.39 is 0 Å². The topological polar surface area (TPSA) is 89.4 Å². The van der Waals surface area contributed by atoms with E-state index in [0.717, 1.165) is 12.8 Å². The zero-order valence-corrected chi connectivity index (χ0v) is 14.1. The summed E-state index contributed by atoms with van der Waals surface area (Å²) < 4.78 is 6.67. The van der Waals surface area contributed by atoms with E-state index in [1.807, 2.05) is 0 Å². The van der Waals surface area contributed by atoms with Gasteiger partial charge in [0.2, 0.25) is 0 Å². The monoisotopic (exact) mass is 343 g/mol. The van der Waals surface area contributed by atoms with Gasteiger partial charge in [0.15, 0.2) is 5.82 Å². The third-order valence-electron chi connectivity index (χ3n) is 4.08. The molecule has 3 rings (SSSR count). The van der Waals surface area contributed by atoms with Gasteiger partial charge >= 0.3 is 12.0 Å². The maximum Gasteiger partial charge on any atom is 0.321 e. The van der Waals surface area contributed by atoms with Crippen molar-refractivity contribution in [1.82, 2.24) is 19.7 Å². The van der Waals surface area contributed by atoms with Gasteiger partial charge in [0.1, 0.15) is 0 Å². The average molecular weight is 343 g/mol. The molecule has 3 heterocycles. The molecular formula is C17H21N5O3. The zero-order valence-electron chi connectivity index (χ0n) is 14.1. The largest absolute Gasteiger partial charge is 0.466 e. The molecule has 1 fully saturated rings. The Kier molecular flexibility index (Phi) is 5.27. The SMILES string of the molecule is CCOC(=O)[C@@H]1CCCN(C(=O)Nc2cccnc2-n2cccn2)C1. The summed E-state index contributed by atoms with van der Waals surface area (Å²) in [7, 11) is 0. The molecule has 0 unspecified atom stereocenters. The minimum atomic E-state index is -0.265. The Bertz CT molecular complexity index is 732. The number of hydrogen-bond acceptors (Lipinski definition) is 5. The van der Waals surface area contributed by atoms with Gasteiger partial charge < -0.3 is 15.0 Å². The fraction of sp³-hybridized carbons (Fsp3) is 0.412. The highest BCUT2D eigenvalue weighted by Crippen LogP contribution is 2.21. The number of hydrogen-bond donors (Lipinski definition) is 1. The Labute approximate surface area is 145 Å². The Balaban J connectivity index is 1.69. The number of anilines is 1. The normalized spacial score (nSPS) is 17.2. The lowest BCUT2D eigenvalue weighted by molar-refractivity contribution is -0.149. The number of ether oxygens (including phenoxy) is 1. The van der Waals surface area contributed by atoms with Gasteiger partial charge in [-0.1, -0.05) is 0 Å². The summed E-state index contributed by atoms with van der Waals surface area (Å²) in [6.45, 7) is 3.11. The van der Waals surface area contributed by atoms with Gasteiger partial charge in [-0.25, -0.2) is 14.5 Å². The van der Waals surface area contributed by atoms with E-state index in [1.54, 1.807) is 53.3 Å². The van der Waals surface area contributed by atoms with Crippen molar-refractivity contribution in [3.05, 3.63) is 36.8 Å². The van der Waals surface area contributed by atoms with Gasteiger partial charge in [0.05, 0.1) is 18.2 Å². The molecule has 0 spiro atoms. The van der Waals surface area contributed by atoms with Gasteiger partial charge in [0, 0.05) is 31.7 Å². The summed E-state index contributed by atoms with van der Waals surface area (Å²) in [5, 5.41) is 7.02. The first-order valence-electron chi connectivity index (χ1n) is 8.36. The third-order valence-corrected chi connectivity index (χ3v) is 4.08. The predicted octanol–water partition coefficient (Wildman–Crippen LogP) is 2.07. The minimum Gasteiger partial charge on any atom is -0.466 e. The van der Waals surface area contributed by atoms with Crippen LogP contribution in [-0.4, -0.2) is 51.4 Å². The number of piperidine rings is 1. The quantitative estimate of drug-likeness (QED) is 0.859. The number of urea groups is 1. The molecule has 2 aromatic rings. The van der Waals surface area contributed by atoms with E-state index >= 15 is 0 Å². The van der Waals surface area contributed by atoms with Crippen molar-refractivity contribution in [2.45, 2.75) is 19.8 Å². The minimum absolute atomic E-state index is 0.237. The van der Waals surface area contributed by atoms with Crippen molar-refractivity contribution in [2.24, 2.45) is 5.92 Å². The highest BCUT2D eigenvalue weighted by Gasteiger charge is 2.29. The molecule has 1 saturated heterocycles. The van der Waals surface area contributed by atoms with E-state index in [1.165, 1.54) is 0 Å². The average Bonchev–Trinajstić information content (AvgIpc) is 3.17. The van der Waals surface area contributed by atoms with Crippen molar-refractivity contribution < 1.29 is 14.3 Å². The molecule has 132 valence electrons. The highest BCUT2D eigenvalue weighted by molar-refractivity contribution is 5.91. The van der Waals surface area contributed by atoms with E-state index in [0.29, 0.717) is 31.2 Å². The number of carbonyl (C=O) groups is 2. The molecule has 0 bridgehead atoms.